The summed E-state index contributed by atoms with van der Waals surface area (Å²) in [5.74, 6) is 0.0239. The van der Waals surface area contributed by atoms with E-state index in [9.17, 15) is 9.59 Å². The number of hydrogen-bond acceptors (Lipinski definition) is 3. The predicted octanol–water partition coefficient (Wildman–Crippen LogP) is -0.496. The number of primary amides is 1. The van der Waals surface area contributed by atoms with Gasteiger partial charge in [0.2, 0.25) is 5.91 Å². The van der Waals surface area contributed by atoms with Crippen molar-refractivity contribution in [2.45, 2.75) is 25.8 Å². The van der Waals surface area contributed by atoms with Gasteiger partial charge >= 0.3 is 0 Å². The zero-order valence-corrected chi connectivity index (χ0v) is 15.0. The highest BCUT2D eigenvalue weighted by Gasteiger charge is 2.35. The topological polar surface area (TPSA) is 71.1 Å². The SMILES string of the molecule is C[C@@H](C(=O)N1CCN(c2ccccc2)CC1)[NH+]1CCC(C(N)=O)CC1. The van der Waals surface area contributed by atoms with Crippen molar-refractivity contribution in [2.75, 3.05) is 44.2 Å². The molecule has 1 aromatic carbocycles. The molecule has 0 spiro atoms. The number of carbonyl (C=O) groups is 2. The Morgan fingerprint density at radius 3 is 2.24 bits per heavy atom. The Hall–Kier alpha value is -2.08. The minimum Gasteiger partial charge on any atom is -0.369 e. The minimum absolute atomic E-state index is 0.0135. The number of nitrogens with one attached hydrogen (secondary N) is 1. The summed E-state index contributed by atoms with van der Waals surface area (Å²) in [7, 11) is 0. The molecule has 6 heteroatoms. The summed E-state index contributed by atoms with van der Waals surface area (Å²) in [6, 6.07) is 10.3. The monoisotopic (exact) mass is 345 g/mol. The van der Waals surface area contributed by atoms with E-state index in [-0.39, 0.29) is 23.8 Å². The molecule has 2 fully saturated rings. The number of piperazine rings is 1. The van der Waals surface area contributed by atoms with Crippen LogP contribution in [0.4, 0.5) is 5.69 Å². The molecule has 0 aromatic heterocycles. The standard InChI is InChI=1S/C19H28N4O2/c1-15(21-9-7-16(8-10-21)18(20)24)19(25)23-13-11-22(12-14-23)17-5-3-2-4-6-17/h2-6,15-16H,7-14H2,1H3,(H2,20,24)/p+1/t15-/m0/s1. The van der Waals surface area contributed by atoms with E-state index in [4.69, 9.17) is 5.73 Å². The minimum atomic E-state index is -0.199. The van der Waals surface area contributed by atoms with Gasteiger partial charge in [-0.05, 0) is 19.1 Å². The van der Waals surface area contributed by atoms with Crippen LogP contribution in [0, 0.1) is 5.92 Å². The molecule has 3 rings (SSSR count). The molecule has 2 saturated heterocycles. The lowest BCUT2D eigenvalue weighted by Gasteiger charge is -2.39. The van der Waals surface area contributed by atoms with Crippen molar-refractivity contribution in [3.05, 3.63) is 30.3 Å². The number of amides is 2. The Kier molecular flexibility index (Phi) is 5.58. The number of nitrogens with zero attached hydrogens (tertiary/aromatic N) is 2. The molecule has 2 aliphatic rings. The number of piperidine rings is 1. The smallest absolute Gasteiger partial charge is 0.280 e. The maximum absolute atomic E-state index is 12.9. The fourth-order valence-corrected chi connectivity index (χ4v) is 3.98. The molecule has 2 heterocycles. The Bertz CT molecular complexity index is 591. The molecule has 25 heavy (non-hydrogen) atoms. The number of para-hydroxylation sites is 1. The largest absolute Gasteiger partial charge is 0.369 e. The Labute approximate surface area is 149 Å². The van der Waals surface area contributed by atoms with Gasteiger partial charge in [-0.3, -0.25) is 9.59 Å². The van der Waals surface area contributed by atoms with Crippen molar-refractivity contribution >= 4 is 17.5 Å². The average Bonchev–Trinajstić information content (AvgIpc) is 2.67. The number of carbonyl (C=O) groups excluding carboxylic acids is 2. The lowest BCUT2D eigenvalue weighted by molar-refractivity contribution is -0.920. The Morgan fingerprint density at radius 1 is 1.08 bits per heavy atom. The molecule has 6 nitrogen and oxygen atoms in total. The quantitative estimate of drug-likeness (QED) is 0.773. The van der Waals surface area contributed by atoms with Crippen LogP contribution in [-0.4, -0.2) is 62.0 Å². The summed E-state index contributed by atoms with van der Waals surface area (Å²) >= 11 is 0. The molecular weight excluding hydrogens is 316 g/mol. The van der Waals surface area contributed by atoms with Gasteiger partial charge in [-0.25, -0.2) is 0 Å². The van der Waals surface area contributed by atoms with Gasteiger partial charge in [-0.2, -0.15) is 0 Å². The first-order valence-corrected chi connectivity index (χ1v) is 9.29. The van der Waals surface area contributed by atoms with Crippen LogP contribution in [0.3, 0.4) is 0 Å². The molecule has 1 atom stereocenters. The van der Waals surface area contributed by atoms with Gasteiger partial charge in [-0.1, -0.05) is 18.2 Å². The Morgan fingerprint density at radius 2 is 1.68 bits per heavy atom. The molecular formula is C19H29N4O2+. The molecule has 0 unspecified atom stereocenters. The normalized spacial score (nSPS) is 25.5. The van der Waals surface area contributed by atoms with E-state index in [1.165, 1.54) is 10.6 Å². The zero-order chi connectivity index (χ0) is 17.8. The van der Waals surface area contributed by atoms with Crippen LogP contribution in [0.25, 0.3) is 0 Å². The van der Waals surface area contributed by atoms with Crippen molar-refractivity contribution in [3.63, 3.8) is 0 Å². The van der Waals surface area contributed by atoms with Gasteiger partial charge in [-0.15, -0.1) is 0 Å². The summed E-state index contributed by atoms with van der Waals surface area (Å²) in [5.41, 5.74) is 6.62. The predicted molar refractivity (Wildman–Crippen MR) is 97.3 cm³/mol. The highest BCUT2D eigenvalue weighted by molar-refractivity contribution is 5.80. The van der Waals surface area contributed by atoms with Crippen molar-refractivity contribution in [3.8, 4) is 0 Å². The fraction of sp³-hybridized carbons (Fsp3) is 0.579. The summed E-state index contributed by atoms with van der Waals surface area (Å²) < 4.78 is 0. The summed E-state index contributed by atoms with van der Waals surface area (Å²) in [5, 5.41) is 0. The van der Waals surface area contributed by atoms with Gasteiger partial charge in [0, 0.05) is 50.6 Å². The third kappa shape index (κ3) is 4.12. The second-order valence-corrected chi connectivity index (χ2v) is 7.20. The lowest BCUT2D eigenvalue weighted by atomic mass is 9.95. The molecule has 136 valence electrons. The first-order valence-electron chi connectivity index (χ1n) is 9.29. The van der Waals surface area contributed by atoms with Gasteiger partial charge < -0.3 is 20.4 Å². The second-order valence-electron chi connectivity index (χ2n) is 7.20. The second kappa shape index (κ2) is 7.87. The molecule has 0 bridgehead atoms. The maximum atomic E-state index is 12.9. The third-order valence-corrected chi connectivity index (χ3v) is 5.73. The molecule has 0 radical (unpaired) electrons. The number of likely N-dealkylation sites (tertiary alicyclic amines) is 1. The van der Waals surface area contributed by atoms with E-state index in [2.05, 4.69) is 17.0 Å². The van der Waals surface area contributed by atoms with Crippen LogP contribution in [0.2, 0.25) is 0 Å². The van der Waals surface area contributed by atoms with E-state index in [0.717, 1.165) is 52.1 Å². The van der Waals surface area contributed by atoms with Gasteiger partial charge in [0.15, 0.2) is 6.04 Å². The highest BCUT2D eigenvalue weighted by atomic mass is 16.2. The average molecular weight is 345 g/mol. The summed E-state index contributed by atoms with van der Waals surface area (Å²) in [6.07, 6.45) is 1.59. The molecule has 0 saturated carbocycles. The van der Waals surface area contributed by atoms with Crippen LogP contribution in [0.15, 0.2) is 30.3 Å². The zero-order valence-electron chi connectivity index (χ0n) is 15.0. The maximum Gasteiger partial charge on any atom is 0.280 e. The van der Waals surface area contributed by atoms with Crippen LogP contribution >= 0.6 is 0 Å². The van der Waals surface area contributed by atoms with Crippen LogP contribution < -0.4 is 15.5 Å². The van der Waals surface area contributed by atoms with Crippen molar-refractivity contribution in [1.82, 2.24) is 4.90 Å². The first-order chi connectivity index (χ1) is 12.1. The van der Waals surface area contributed by atoms with E-state index < -0.39 is 0 Å². The van der Waals surface area contributed by atoms with Crippen molar-refractivity contribution in [1.29, 1.82) is 0 Å². The van der Waals surface area contributed by atoms with Gasteiger partial charge in [0.25, 0.3) is 5.91 Å². The first kappa shape index (κ1) is 17.7. The molecule has 3 N–H and O–H groups in total. The number of rotatable bonds is 4. The number of hydrogen-bond donors (Lipinski definition) is 2. The highest BCUT2D eigenvalue weighted by Crippen LogP contribution is 2.16. The van der Waals surface area contributed by atoms with Crippen LogP contribution in [-0.2, 0) is 9.59 Å². The number of quaternary nitrogens is 1. The van der Waals surface area contributed by atoms with E-state index in [1.807, 2.05) is 30.0 Å². The lowest BCUT2D eigenvalue weighted by Crippen LogP contribution is -3.17. The van der Waals surface area contributed by atoms with Crippen LogP contribution in [0.1, 0.15) is 19.8 Å². The van der Waals surface area contributed by atoms with Crippen molar-refractivity contribution in [2.24, 2.45) is 11.7 Å². The Balaban J connectivity index is 1.50. The summed E-state index contributed by atoms with van der Waals surface area (Å²) in [6.45, 7) is 7.02. The molecule has 1 aromatic rings. The van der Waals surface area contributed by atoms with Gasteiger partial charge in [0.1, 0.15) is 0 Å². The molecule has 2 aliphatic heterocycles. The van der Waals surface area contributed by atoms with E-state index >= 15 is 0 Å². The van der Waals surface area contributed by atoms with Crippen molar-refractivity contribution < 1.29 is 14.5 Å². The third-order valence-electron chi connectivity index (χ3n) is 5.73. The van der Waals surface area contributed by atoms with E-state index in [0.29, 0.717) is 0 Å². The number of benzene rings is 1. The molecule has 2 amide bonds. The molecule has 0 aliphatic carbocycles. The van der Waals surface area contributed by atoms with E-state index in [1.54, 1.807) is 0 Å². The number of nitrogens with two attached hydrogens (primary N) is 1. The van der Waals surface area contributed by atoms with Crippen LogP contribution in [0.5, 0.6) is 0 Å². The number of anilines is 1. The van der Waals surface area contributed by atoms with Gasteiger partial charge in [0.05, 0.1) is 13.1 Å². The summed E-state index contributed by atoms with van der Waals surface area (Å²) in [4.78, 5) is 29.8. The fourth-order valence-electron chi connectivity index (χ4n) is 3.98.